The molecule has 3 atom stereocenters. The van der Waals surface area contributed by atoms with Crippen molar-refractivity contribution in [1.29, 1.82) is 0 Å². The number of fused-ring (bicyclic) bond motifs is 1. The van der Waals surface area contributed by atoms with Gasteiger partial charge in [-0.25, -0.2) is 0 Å². The van der Waals surface area contributed by atoms with E-state index in [0.717, 1.165) is 13.0 Å². The lowest BCUT2D eigenvalue weighted by atomic mass is 10.0. The maximum absolute atomic E-state index is 8.00. The minimum Gasteiger partial charge on any atom is -0.374 e. The zero-order valence-electron chi connectivity index (χ0n) is 12.1. The minimum absolute atomic E-state index is 0.0322. The molecular formula is C16H22O5. The molecule has 2 aliphatic rings. The summed E-state index contributed by atoms with van der Waals surface area (Å²) in [4.78, 5) is 8.00. The van der Waals surface area contributed by atoms with Gasteiger partial charge in [0, 0.05) is 5.92 Å². The van der Waals surface area contributed by atoms with Crippen molar-refractivity contribution in [1.82, 2.24) is 0 Å². The molecule has 5 heteroatoms. The van der Waals surface area contributed by atoms with Crippen molar-refractivity contribution in [2.45, 2.75) is 25.4 Å². The Balaban J connectivity index is 0.000000774. The molecule has 0 N–H and O–H groups in total. The second-order valence-electron chi connectivity index (χ2n) is 4.97. The molecule has 0 aromatic heterocycles. The first kappa shape index (κ1) is 16.1. The lowest BCUT2D eigenvalue weighted by Crippen LogP contribution is -2.24. The van der Waals surface area contributed by atoms with Crippen LogP contribution in [-0.2, 0) is 30.3 Å². The summed E-state index contributed by atoms with van der Waals surface area (Å²) in [7, 11) is 0. The van der Waals surface area contributed by atoms with Gasteiger partial charge in [-0.2, -0.15) is 0 Å². The van der Waals surface area contributed by atoms with E-state index in [9.17, 15) is 0 Å². The highest BCUT2D eigenvalue weighted by molar-refractivity contribution is 5.13. The Morgan fingerprint density at radius 1 is 1.14 bits per heavy atom. The number of hydrogen-bond donors (Lipinski definition) is 0. The average molecular weight is 294 g/mol. The van der Waals surface area contributed by atoms with Crippen LogP contribution in [0, 0.1) is 5.92 Å². The summed E-state index contributed by atoms with van der Waals surface area (Å²) in [5, 5.41) is 0. The van der Waals surface area contributed by atoms with Crippen LogP contribution in [0.4, 0.5) is 0 Å². The van der Waals surface area contributed by atoms with Crippen molar-refractivity contribution in [2.75, 3.05) is 26.4 Å². The van der Waals surface area contributed by atoms with E-state index in [1.807, 2.05) is 25.0 Å². The average Bonchev–Trinajstić information content (AvgIpc) is 3.14. The summed E-state index contributed by atoms with van der Waals surface area (Å²) in [6, 6.07) is 10.2. The summed E-state index contributed by atoms with van der Waals surface area (Å²) in [5.41, 5.74) is 1.19. The second-order valence-corrected chi connectivity index (χ2v) is 4.97. The standard InChI is InChI=1S/C15H20O4.CH2O/c1-2-4-12(5-3-1)10-16-8-9-17-14-11-19-15-13(14)6-7-18-15;1-2/h1-5,13-15H,6-11H2;1H2/t13-,14+,15+;/m1./s1. The Hall–Kier alpha value is -1.27. The van der Waals surface area contributed by atoms with Gasteiger partial charge in [-0.3, -0.25) is 0 Å². The summed E-state index contributed by atoms with van der Waals surface area (Å²) < 4.78 is 22.4. The van der Waals surface area contributed by atoms with E-state index < -0.39 is 0 Å². The molecule has 0 spiro atoms. The summed E-state index contributed by atoms with van der Waals surface area (Å²) >= 11 is 0. The van der Waals surface area contributed by atoms with Gasteiger partial charge < -0.3 is 23.7 Å². The first-order valence-electron chi connectivity index (χ1n) is 7.19. The van der Waals surface area contributed by atoms with Crippen molar-refractivity contribution in [3.05, 3.63) is 35.9 Å². The van der Waals surface area contributed by atoms with Gasteiger partial charge in [0.1, 0.15) is 6.79 Å². The lowest BCUT2D eigenvalue weighted by molar-refractivity contribution is -0.0980. The van der Waals surface area contributed by atoms with Gasteiger partial charge >= 0.3 is 0 Å². The highest BCUT2D eigenvalue weighted by atomic mass is 16.7. The fourth-order valence-corrected chi connectivity index (χ4v) is 2.62. The van der Waals surface area contributed by atoms with Gasteiger partial charge in [0.15, 0.2) is 6.29 Å². The second kappa shape index (κ2) is 8.89. The molecule has 0 saturated carbocycles. The molecule has 3 rings (SSSR count). The first-order chi connectivity index (χ1) is 10.4. The molecule has 0 radical (unpaired) electrons. The van der Waals surface area contributed by atoms with Crippen LogP contribution in [0.5, 0.6) is 0 Å². The number of hydrogen-bond acceptors (Lipinski definition) is 5. The number of benzene rings is 1. The van der Waals surface area contributed by atoms with Crippen LogP contribution in [0.1, 0.15) is 12.0 Å². The predicted octanol–water partition coefficient (Wildman–Crippen LogP) is 1.80. The van der Waals surface area contributed by atoms with E-state index in [1.165, 1.54) is 5.56 Å². The number of rotatable bonds is 6. The van der Waals surface area contributed by atoms with Crippen LogP contribution < -0.4 is 0 Å². The van der Waals surface area contributed by atoms with Crippen LogP contribution in [0.25, 0.3) is 0 Å². The molecule has 0 aliphatic carbocycles. The molecule has 0 amide bonds. The van der Waals surface area contributed by atoms with Crippen LogP contribution in [0.3, 0.4) is 0 Å². The maximum Gasteiger partial charge on any atom is 0.163 e. The third kappa shape index (κ3) is 4.61. The van der Waals surface area contributed by atoms with Gasteiger partial charge in [0.25, 0.3) is 0 Å². The van der Waals surface area contributed by atoms with Gasteiger partial charge in [-0.05, 0) is 12.0 Å². The quantitative estimate of drug-likeness (QED) is 0.749. The Labute approximate surface area is 125 Å². The van der Waals surface area contributed by atoms with E-state index in [-0.39, 0.29) is 12.4 Å². The topological polar surface area (TPSA) is 54.0 Å². The first-order valence-corrected chi connectivity index (χ1v) is 7.19. The molecular weight excluding hydrogens is 272 g/mol. The van der Waals surface area contributed by atoms with Crippen LogP contribution >= 0.6 is 0 Å². The molecule has 2 saturated heterocycles. The fraction of sp³-hybridized carbons (Fsp3) is 0.562. The zero-order chi connectivity index (χ0) is 14.9. The van der Waals surface area contributed by atoms with E-state index in [1.54, 1.807) is 0 Å². The fourth-order valence-electron chi connectivity index (χ4n) is 2.62. The largest absolute Gasteiger partial charge is 0.374 e. The molecule has 2 heterocycles. The number of carbonyl (C=O) groups is 1. The van der Waals surface area contributed by atoms with Gasteiger partial charge in [0.05, 0.1) is 39.1 Å². The van der Waals surface area contributed by atoms with Crippen molar-refractivity contribution in [3.8, 4) is 0 Å². The number of ether oxygens (including phenoxy) is 4. The third-order valence-corrected chi connectivity index (χ3v) is 3.66. The summed E-state index contributed by atoms with van der Waals surface area (Å²) in [6.45, 7) is 5.31. The normalized spacial score (nSPS) is 27.0. The van der Waals surface area contributed by atoms with Gasteiger partial charge in [-0.15, -0.1) is 0 Å². The monoisotopic (exact) mass is 294 g/mol. The zero-order valence-corrected chi connectivity index (χ0v) is 12.1. The molecule has 1 aromatic carbocycles. The SMILES string of the molecule is C=O.c1ccc(COCCO[C@H]2CO[C@@H]3OCC[C@@H]32)cc1. The number of carbonyl (C=O) groups excluding carboxylic acids is 1. The molecule has 2 fully saturated rings. The van der Waals surface area contributed by atoms with E-state index in [0.29, 0.717) is 32.3 Å². The molecule has 116 valence electrons. The van der Waals surface area contributed by atoms with Gasteiger partial charge in [0.2, 0.25) is 0 Å². The molecule has 21 heavy (non-hydrogen) atoms. The Morgan fingerprint density at radius 2 is 1.95 bits per heavy atom. The molecule has 0 unspecified atom stereocenters. The van der Waals surface area contributed by atoms with Crippen molar-refractivity contribution >= 4 is 6.79 Å². The molecule has 0 bridgehead atoms. The molecule has 5 nitrogen and oxygen atoms in total. The van der Waals surface area contributed by atoms with E-state index >= 15 is 0 Å². The highest BCUT2D eigenvalue weighted by Gasteiger charge is 2.42. The van der Waals surface area contributed by atoms with Crippen molar-refractivity contribution in [3.63, 3.8) is 0 Å². The van der Waals surface area contributed by atoms with E-state index in [2.05, 4.69) is 12.1 Å². The smallest absolute Gasteiger partial charge is 0.163 e. The van der Waals surface area contributed by atoms with E-state index in [4.69, 9.17) is 23.7 Å². The lowest BCUT2D eigenvalue weighted by Gasteiger charge is -2.15. The van der Waals surface area contributed by atoms with Crippen molar-refractivity contribution < 1.29 is 23.7 Å². The summed E-state index contributed by atoms with van der Waals surface area (Å²) in [5.74, 6) is 0.411. The Bertz CT molecular complexity index is 397. The Kier molecular flexibility index (Phi) is 6.82. The minimum atomic E-state index is -0.0322. The van der Waals surface area contributed by atoms with Gasteiger partial charge in [-0.1, -0.05) is 30.3 Å². The van der Waals surface area contributed by atoms with Crippen LogP contribution in [0.2, 0.25) is 0 Å². The van der Waals surface area contributed by atoms with Crippen molar-refractivity contribution in [2.24, 2.45) is 5.92 Å². The molecule has 1 aromatic rings. The Morgan fingerprint density at radius 3 is 2.76 bits per heavy atom. The van der Waals surface area contributed by atoms with Crippen LogP contribution in [0.15, 0.2) is 30.3 Å². The predicted molar refractivity (Wildman–Crippen MR) is 76.8 cm³/mol. The molecule has 2 aliphatic heterocycles. The third-order valence-electron chi connectivity index (χ3n) is 3.66. The summed E-state index contributed by atoms with van der Waals surface area (Å²) in [6.07, 6.45) is 1.18. The van der Waals surface area contributed by atoms with Crippen LogP contribution in [-0.4, -0.2) is 45.6 Å². The maximum atomic E-state index is 8.00. The highest BCUT2D eigenvalue weighted by Crippen LogP contribution is 2.32.